The van der Waals surface area contributed by atoms with E-state index in [1.807, 2.05) is 49.4 Å². The van der Waals surface area contributed by atoms with Crippen molar-refractivity contribution in [1.29, 1.82) is 0 Å². The summed E-state index contributed by atoms with van der Waals surface area (Å²) in [6.07, 6.45) is 3.81. The number of rotatable bonds is 13. The van der Waals surface area contributed by atoms with Crippen LogP contribution in [0.3, 0.4) is 0 Å². The summed E-state index contributed by atoms with van der Waals surface area (Å²) in [7, 11) is 0. The van der Waals surface area contributed by atoms with Crippen LogP contribution < -0.4 is 54.4 Å². The third-order valence-corrected chi connectivity index (χ3v) is 14.0. The Hall–Kier alpha value is -7.29. The highest BCUT2D eigenvalue weighted by Crippen LogP contribution is 2.34. The monoisotopic (exact) mass is 1070 g/mol. The molecule has 0 radical (unpaired) electrons. The largest absolute Gasteiger partial charge is 0.370 e. The maximum absolute atomic E-state index is 15.2. The average molecular weight is 1070 g/mol. The van der Waals surface area contributed by atoms with Crippen LogP contribution >= 0.6 is 15.9 Å². The zero-order valence-electron chi connectivity index (χ0n) is 41.0. The molecule has 73 heavy (non-hydrogen) atoms. The van der Waals surface area contributed by atoms with E-state index in [1.54, 1.807) is 36.5 Å². The Morgan fingerprint density at radius 3 is 2.26 bits per heavy atom. The van der Waals surface area contributed by atoms with Crippen LogP contribution in [0.4, 0.5) is 0 Å². The topological polar surface area (TPSA) is 327 Å². The normalized spacial score (nSPS) is 22.8. The van der Waals surface area contributed by atoms with Gasteiger partial charge in [-0.05, 0) is 85.8 Å². The van der Waals surface area contributed by atoms with Crippen LogP contribution in [0.15, 0.2) is 88.5 Å². The van der Waals surface area contributed by atoms with Crippen LogP contribution in [0, 0.1) is 0 Å². The summed E-state index contributed by atoms with van der Waals surface area (Å²) < 4.78 is 0.815. The van der Waals surface area contributed by atoms with E-state index in [1.165, 1.54) is 0 Å². The number of primary amides is 1. The predicted octanol–water partition coefficient (Wildman–Crippen LogP) is 1.60. The van der Waals surface area contributed by atoms with E-state index in [0.29, 0.717) is 43.2 Å². The van der Waals surface area contributed by atoms with Crippen molar-refractivity contribution in [1.82, 2.24) is 42.2 Å². The van der Waals surface area contributed by atoms with Gasteiger partial charge in [-0.3, -0.25) is 43.3 Å². The molecule has 0 bridgehead atoms. The molecular formula is C52H67BrN12O8. The van der Waals surface area contributed by atoms with Crippen molar-refractivity contribution in [2.75, 3.05) is 13.1 Å². The molecule has 1 fully saturated rings. The Balaban J connectivity index is 1.41. The second-order valence-corrected chi connectivity index (χ2v) is 19.6. The molecular weight excluding hydrogens is 1000 g/mol. The van der Waals surface area contributed by atoms with Gasteiger partial charge in [0.15, 0.2) is 5.96 Å². The fraction of sp³-hybridized carbons (Fsp3) is 0.442. The number of para-hydroxylation sites is 1. The predicted molar refractivity (Wildman–Crippen MR) is 279 cm³/mol. The number of fused-ring (bicyclic) bond motifs is 2. The number of aliphatic imine (C=N–C) groups is 1. The van der Waals surface area contributed by atoms with Crippen molar-refractivity contribution >= 4 is 80.0 Å². The van der Waals surface area contributed by atoms with Crippen LogP contribution in [0.5, 0.6) is 0 Å². The summed E-state index contributed by atoms with van der Waals surface area (Å²) in [5.41, 5.74) is 19.2. The van der Waals surface area contributed by atoms with E-state index < -0.39 is 89.4 Å². The molecule has 6 rings (SSSR count). The van der Waals surface area contributed by atoms with Crippen LogP contribution in [0.2, 0.25) is 0 Å². The first-order valence-corrected chi connectivity index (χ1v) is 25.6. The lowest BCUT2D eigenvalue weighted by Crippen LogP contribution is -2.67. The number of nitrogens with one attached hydrogen (secondary N) is 8. The Bertz CT molecular complexity index is 2660. The van der Waals surface area contributed by atoms with E-state index >= 15 is 4.79 Å². The second kappa shape index (κ2) is 26.4. The molecule has 1 saturated heterocycles. The van der Waals surface area contributed by atoms with E-state index in [2.05, 4.69) is 63.1 Å². The van der Waals surface area contributed by atoms with Crippen molar-refractivity contribution in [2.24, 2.45) is 22.2 Å². The number of nitrogens with two attached hydrogens (primary N) is 3. The number of H-pyrrole nitrogens is 1. The summed E-state index contributed by atoms with van der Waals surface area (Å²) in [4.78, 5) is 121. The minimum absolute atomic E-state index is 0.0102. The van der Waals surface area contributed by atoms with Gasteiger partial charge < -0.3 is 59.4 Å². The maximum atomic E-state index is 15.2. The number of guanidine groups is 1. The van der Waals surface area contributed by atoms with Gasteiger partial charge in [0.2, 0.25) is 47.3 Å². The van der Waals surface area contributed by atoms with Gasteiger partial charge in [0, 0.05) is 60.3 Å². The second-order valence-electron chi connectivity index (χ2n) is 18.7. The molecule has 1 aliphatic carbocycles. The van der Waals surface area contributed by atoms with Gasteiger partial charge in [0.25, 0.3) is 0 Å². The lowest BCUT2D eigenvalue weighted by atomic mass is 9.76. The third-order valence-electron chi connectivity index (χ3n) is 13.2. The van der Waals surface area contributed by atoms with E-state index in [0.717, 1.165) is 26.5 Å². The molecule has 3 aromatic carbocycles. The first-order chi connectivity index (χ1) is 35.0. The van der Waals surface area contributed by atoms with Crippen molar-refractivity contribution in [3.63, 3.8) is 0 Å². The number of benzene rings is 3. The van der Waals surface area contributed by atoms with Gasteiger partial charge in [-0.1, -0.05) is 89.9 Å². The summed E-state index contributed by atoms with van der Waals surface area (Å²) in [6.45, 7) is 2.12. The number of aromatic nitrogens is 1. The standard InChI is InChI=1S/C52H67BrN12O8/c1-2-3-21-43(66)60-42-28-44(67)57-24-10-9-19-38(45(54)68)61-48(71)41(27-33-30-59-37-18-8-7-16-35(33)37)63-46(69)39(20-12-25-58-51(55)56)62-47(70)40(26-31-13-5-4-6-14-31)64-50(73)52(65-49(42)72)23-22-34-32(29-52)15-11-17-36(34)53/h4-8,11,13-18,30,38-42,59H,2-3,9-10,12,19-29H2,1H3,(H2,54,68)(H,57,67)(H,60,66)(H,61,71)(H,62,70)(H,63,69)(H,64,73)(H,65,72)(H4,55,56,58)/t38-,39-,40+,41-,42?,52+/m0/s1. The van der Waals surface area contributed by atoms with E-state index in [-0.39, 0.29) is 70.4 Å². The quantitative estimate of drug-likeness (QED) is 0.0522. The molecule has 2 aliphatic rings. The maximum Gasteiger partial charge on any atom is 0.246 e. The van der Waals surface area contributed by atoms with E-state index in [9.17, 15) is 33.6 Å². The molecule has 8 amide bonds. The van der Waals surface area contributed by atoms with Crippen molar-refractivity contribution < 1.29 is 38.4 Å². The van der Waals surface area contributed by atoms with Gasteiger partial charge >= 0.3 is 0 Å². The van der Waals surface area contributed by atoms with Crippen LogP contribution in [-0.2, 0) is 64.0 Å². The fourth-order valence-corrected chi connectivity index (χ4v) is 9.82. The number of hydrogen-bond acceptors (Lipinski definition) is 9. The van der Waals surface area contributed by atoms with Gasteiger partial charge in [0.1, 0.15) is 35.7 Å². The number of aromatic amines is 1. The first kappa shape index (κ1) is 55.0. The average Bonchev–Trinajstić information content (AvgIpc) is 3.77. The van der Waals surface area contributed by atoms with Gasteiger partial charge in [0.05, 0.1) is 6.42 Å². The molecule has 390 valence electrons. The summed E-state index contributed by atoms with van der Waals surface area (Å²) in [5.74, 6) is -5.74. The first-order valence-electron chi connectivity index (χ1n) is 24.9. The number of hydrogen-bond donors (Lipinski definition) is 11. The Morgan fingerprint density at radius 2 is 1.51 bits per heavy atom. The number of halogens is 1. The highest BCUT2D eigenvalue weighted by Gasteiger charge is 2.46. The van der Waals surface area contributed by atoms with Gasteiger partial charge in [-0.25, -0.2) is 0 Å². The number of carbonyl (C=O) groups is 8. The van der Waals surface area contributed by atoms with Crippen molar-refractivity contribution in [3.8, 4) is 0 Å². The van der Waals surface area contributed by atoms with E-state index in [4.69, 9.17) is 17.2 Å². The number of carbonyl (C=O) groups excluding carboxylic acids is 8. The van der Waals surface area contributed by atoms with Crippen LogP contribution in [0.1, 0.15) is 93.4 Å². The third kappa shape index (κ3) is 15.6. The van der Waals surface area contributed by atoms with Gasteiger partial charge in [-0.2, -0.15) is 0 Å². The highest BCUT2D eigenvalue weighted by molar-refractivity contribution is 9.10. The molecule has 0 saturated carbocycles. The minimum atomic E-state index is -1.70. The van der Waals surface area contributed by atoms with Crippen LogP contribution in [-0.4, -0.2) is 107 Å². The zero-order chi connectivity index (χ0) is 52.5. The fourth-order valence-electron chi connectivity index (χ4n) is 9.21. The minimum Gasteiger partial charge on any atom is -0.370 e. The Kier molecular flexibility index (Phi) is 19.9. The molecule has 1 aromatic heterocycles. The summed E-state index contributed by atoms with van der Waals surface area (Å²) >= 11 is 3.63. The Labute approximate surface area is 432 Å². The highest BCUT2D eigenvalue weighted by atomic mass is 79.9. The lowest BCUT2D eigenvalue weighted by Gasteiger charge is -2.39. The number of nitrogens with zero attached hydrogens (tertiary/aromatic N) is 1. The number of amides is 8. The SMILES string of the molecule is CCCCC(=O)NC1CC(=O)NCCCC[C@@H](C(N)=O)NC(=O)[C@H](Cc2c[nH]c3ccccc23)NC(=O)[C@H](CCCN=C(N)N)NC(=O)[C@@H](Cc2ccccc2)NC(=O)[C@]2(CCc3c(Br)cccc3C2)NC1=O. The summed E-state index contributed by atoms with van der Waals surface area (Å²) in [6, 6.07) is 15.3. The molecule has 6 atom stereocenters. The molecule has 1 unspecified atom stereocenters. The molecule has 1 aliphatic heterocycles. The van der Waals surface area contributed by atoms with Crippen molar-refractivity contribution in [3.05, 3.63) is 106 Å². The molecule has 14 N–H and O–H groups in total. The molecule has 4 aromatic rings. The number of unbranched alkanes of at least 4 members (excludes halogenated alkanes) is 1. The molecule has 20 nitrogen and oxygen atoms in total. The Morgan fingerprint density at radius 1 is 0.795 bits per heavy atom. The van der Waals surface area contributed by atoms with Crippen molar-refractivity contribution in [2.45, 2.75) is 133 Å². The summed E-state index contributed by atoms with van der Waals surface area (Å²) in [5, 5.41) is 20.6. The lowest BCUT2D eigenvalue weighted by molar-refractivity contribution is -0.139. The molecule has 2 heterocycles. The zero-order valence-corrected chi connectivity index (χ0v) is 42.6. The smallest absolute Gasteiger partial charge is 0.246 e. The molecule has 1 spiro atoms. The van der Waals surface area contributed by atoms with Gasteiger partial charge in [-0.15, -0.1) is 0 Å². The van der Waals surface area contributed by atoms with Crippen LogP contribution in [0.25, 0.3) is 10.9 Å². The molecule has 21 heteroatoms.